The fourth-order valence-corrected chi connectivity index (χ4v) is 3.18. The summed E-state index contributed by atoms with van der Waals surface area (Å²) in [5.41, 5.74) is -0.505. The lowest BCUT2D eigenvalue weighted by Crippen LogP contribution is -2.48. The Morgan fingerprint density at radius 3 is 2.78 bits per heavy atom. The highest BCUT2D eigenvalue weighted by Crippen LogP contribution is 2.21. The smallest absolute Gasteiger partial charge is 0.410 e. The van der Waals surface area contributed by atoms with Crippen LogP contribution < -0.4 is 0 Å². The van der Waals surface area contributed by atoms with E-state index in [1.807, 2.05) is 32.2 Å². The third kappa shape index (κ3) is 5.62. The van der Waals surface area contributed by atoms with E-state index in [9.17, 15) is 9.59 Å². The number of rotatable bonds is 5. The van der Waals surface area contributed by atoms with Crippen molar-refractivity contribution in [3.8, 4) is 0 Å². The molecule has 2 heterocycles. The number of nitrogens with zero attached hydrogens (tertiary/aromatic N) is 1. The molecule has 1 aromatic rings. The van der Waals surface area contributed by atoms with E-state index in [0.29, 0.717) is 18.0 Å². The number of hydrogen-bond donors (Lipinski definition) is 0. The van der Waals surface area contributed by atoms with Crippen molar-refractivity contribution in [2.24, 2.45) is 0 Å². The van der Waals surface area contributed by atoms with Crippen LogP contribution in [-0.4, -0.2) is 48.2 Å². The average molecular weight is 339 g/mol. The van der Waals surface area contributed by atoms with Crippen LogP contribution in [0.1, 0.15) is 49.7 Å². The zero-order valence-corrected chi connectivity index (χ0v) is 14.9. The molecule has 0 bridgehead atoms. The second-order valence-electron chi connectivity index (χ2n) is 6.74. The highest BCUT2D eigenvalue weighted by Gasteiger charge is 2.30. The van der Waals surface area contributed by atoms with Gasteiger partial charge >= 0.3 is 6.09 Å². The average Bonchev–Trinajstić information content (AvgIpc) is 3.00. The number of piperidine rings is 1. The number of ketones is 1. The number of carbonyl (C=O) groups excluding carboxylic acids is 2. The molecule has 0 radical (unpaired) electrons. The molecule has 1 unspecified atom stereocenters. The zero-order chi connectivity index (χ0) is 16.9. The quantitative estimate of drug-likeness (QED) is 0.767. The summed E-state index contributed by atoms with van der Waals surface area (Å²) in [7, 11) is 0. The molecule has 1 saturated heterocycles. The molecule has 1 aromatic heterocycles. The molecule has 1 aliphatic heterocycles. The van der Waals surface area contributed by atoms with Gasteiger partial charge in [0.2, 0.25) is 0 Å². The van der Waals surface area contributed by atoms with Crippen molar-refractivity contribution < 1.29 is 19.1 Å². The van der Waals surface area contributed by atoms with Gasteiger partial charge in [0.15, 0.2) is 5.78 Å². The molecule has 0 saturated carbocycles. The van der Waals surface area contributed by atoms with Gasteiger partial charge in [0.05, 0.1) is 17.5 Å². The Kier molecular flexibility index (Phi) is 6.18. The molecule has 0 aromatic carbocycles. The molecular weight excluding hydrogens is 314 g/mol. The molecule has 1 amide bonds. The van der Waals surface area contributed by atoms with E-state index in [1.54, 1.807) is 11.0 Å². The van der Waals surface area contributed by atoms with Crippen molar-refractivity contribution >= 4 is 23.2 Å². The van der Waals surface area contributed by atoms with Crippen LogP contribution in [0.4, 0.5) is 4.79 Å². The fraction of sp³-hybridized carbons (Fsp3) is 0.647. The van der Waals surface area contributed by atoms with E-state index in [-0.39, 0.29) is 24.5 Å². The Morgan fingerprint density at radius 1 is 1.35 bits per heavy atom. The van der Waals surface area contributed by atoms with Crippen LogP contribution in [0.5, 0.6) is 0 Å². The van der Waals surface area contributed by atoms with Crippen LogP contribution in [-0.2, 0) is 9.47 Å². The Bertz CT molecular complexity index is 521. The normalized spacial score (nSPS) is 18.7. The largest absolute Gasteiger partial charge is 0.444 e. The topological polar surface area (TPSA) is 55.8 Å². The van der Waals surface area contributed by atoms with Crippen molar-refractivity contribution in [1.29, 1.82) is 0 Å². The first-order valence-electron chi connectivity index (χ1n) is 8.01. The molecule has 6 heteroatoms. The molecule has 1 fully saturated rings. The summed E-state index contributed by atoms with van der Waals surface area (Å²) in [5, 5.41) is 1.87. The molecule has 23 heavy (non-hydrogen) atoms. The van der Waals surface area contributed by atoms with Crippen molar-refractivity contribution in [3.05, 3.63) is 22.4 Å². The van der Waals surface area contributed by atoms with Gasteiger partial charge in [0, 0.05) is 6.54 Å². The number of carbonyl (C=O) groups is 2. The molecule has 2 rings (SSSR count). The standard InChI is InChI=1S/C17H25NO4S/c1-17(2,3)22-16(20)18-9-5-4-7-13(18)11-21-12-14(19)15-8-6-10-23-15/h6,8,10,13H,4-5,7,9,11-12H2,1-3H3. The van der Waals surface area contributed by atoms with Gasteiger partial charge in [-0.2, -0.15) is 0 Å². The summed E-state index contributed by atoms with van der Waals surface area (Å²) in [6.07, 6.45) is 2.62. The Morgan fingerprint density at radius 2 is 2.13 bits per heavy atom. The van der Waals surface area contributed by atoms with E-state index in [2.05, 4.69) is 0 Å². The first-order valence-corrected chi connectivity index (χ1v) is 8.89. The maximum absolute atomic E-state index is 12.3. The minimum absolute atomic E-state index is 0.0142. The van der Waals surface area contributed by atoms with Gasteiger partial charge in [0.1, 0.15) is 12.2 Å². The summed E-state index contributed by atoms with van der Waals surface area (Å²) in [4.78, 5) is 26.7. The maximum Gasteiger partial charge on any atom is 0.410 e. The predicted octanol–water partition coefficient (Wildman–Crippen LogP) is 3.74. The minimum atomic E-state index is -0.505. The summed E-state index contributed by atoms with van der Waals surface area (Å²) >= 11 is 1.41. The van der Waals surface area contributed by atoms with Crippen LogP contribution in [0.2, 0.25) is 0 Å². The molecular formula is C17H25NO4S. The highest BCUT2D eigenvalue weighted by molar-refractivity contribution is 7.12. The first-order chi connectivity index (χ1) is 10.9. The van der Waals surface area contributed by atoms with Gasteiger partial charge in [-0.25, -0.2) is 4.79 Å². The molecule has 0 spiro atoms. The van der Waals surface area contributed by atoms with Crippen molar-refractivity contribution in [2.45, 2.75) is 51.7 Å². The van der Waals surface area contributed by atoms with Crippen LogP contribution in [0.3, 0.4) is 0 Å². The van der Waals surface area contributed by atoms with Crippen molar-refractivity contribution in [1.82, 2.24) is 4.90 Å². The summed E-state index contributed by atoms with van der Waals surface area (Å²) < 4.78 is 11.0. The molecule has 128 valence electrons. The summed E-state index contributed by atoms with van der Waals surface area (Å²) in [6.45, 7) is 6.69. The number of Topliss-reactive ketones (excluding diaryl/α,β-unsaturated/α-hetero) is 1. The van der Waals surface area contributed by atoms with E-state index in [1.165, 1.54) is 11.3 Å². The molecule has 1 aliphatic rings. The van der Waals surface area contributed by atoms with Crippen molar-refractivity contribution in [3.63, 3.8) is 0 Å². The molecule has 0 aliphatic carbocycles. The highest BCUT2D eigenvalue weighted by atomic mass is 32.1. The lowest BCUT2D eigenvalue weighted by atomic mass is 10.0. The van der Waals surface area contributed by atoms with Crippen molar-refractivity contribution in [2.75, 3.05) is 19.8 Å². The van der Waals surface area contributed by atoms with E-state index >= 15 is 0 Å². The van der Waals surface area contributed by atoms with E-state index < -0.39 is 5.60 Å². The fourth-order valence-electron chi connectivity index (χ4n) is 2.53. The molecule has 1 atom stereocenters. The lowest BCUT2D eigenvalue weighted by molar-refractivity contribution is -0.00619. The van der Waals surface area contributed by atoms with Gasteiger partial charge in [-0.15, -0.1) is 11.3 Å². The number of likely N-dealkylation sites (tertiary alicyclic amines) is 1. The Hall–Kier alpha value is -1.40. The Balaban J connectivity index is 1.84. The van der Waals surface area contributed by atoms with Crippen LogP contribution in [0, 0.1) is 0 Å². The SMILES string of the molecule is CC(C)(C)OC(=O)N1CCCCC1COCC(=O)c1cccs1. The van der Waals surface area contributed by atoms with E-state index in [0.717, 1.165) is 19.3 Å². The molecule has 0 N–H and O–H groups in total. The second kappa shape index (κ2) is 7.93. The monoisotopic (exact) mass is 339 g/mol. The molecule has 5 nitrogen and oxygen atoms in total. The summed E-state index contributed by atoms with van der Waals surface area (Å²) in [6, 6.07) is 3.63. The van der Waals surface area contributed by atoms with Gasteiger partial charge in [-0.3, -0.25) is 4.79 Å². The van der Waals surface area contributed by atoms with Gasteiger partial charge in [-0.1, -0.05) is 6.07 Å². The van der Waals surface area contributed by atoms with Crippen LogP contribution in [0.15, 0.2) is 17.5 Å². The minimum Gasteiger partial charge on any atom is -0.444 e. The predicted molar refractivity (Wildman–Crippen MR) is 90.0 cm³/mol. The van der Waals surface area contributed by atoms with E-state index in [4.69, 9.17) is 9.47 Å². The second-order valence-corrected chi connectivity index (χ2v) is 7.69. The van der Waals surface area contributed by atoms with Gasteiger partial charge < -0.3 is 14.4 Å². The van der Waals surface area contributed by atoms with Gasteiger partial charge in [0.25, 0.3) is 0 Å². The third-order valence-electron chi connectivity index (χ3n) is 3.59. The summed E-state index contributed by atoms with van der Waals surface area (Å²) in [5.74, 6) is -0.0142. The number of hydrogen-bond acceptors (Lipinski definition) is 5. The first kappa shape index (κ1) is 17.9. The zero-order valence-electron chi connectivity index (χ0n) is 14.0. The van der Waals surface area contributed by atoms with Crippen LogP contribution in [0.25, 0.3) is 0 Å². The number of thiophene rings is 1. The van der Waals surface area contributed by atoms with Crippen LogP contribution >= 0.6 is 11.3 Å². The number of amides is 1. The number of ether oxygens (including phenoxy) is 2. The maximum atomic E-state index is 12.3. The lowest BCUT2D eigenvalue weighted by Gasteiger charge is -2.36. The Labute approximate surface area is 141 Å². The third-order valence-corrected chi connectivity index (χ3v) is 4.51. The van der Waals surface area contributed by atoms with Gasteiger partial charge in [-0.05, 0) is 51.5 Å².